The lowest BCUT2D eigenvalue weighted by Gasteiger charge is -2.31. The Labute approximate surface area is 175 Å². The van der Waals surface area contributed by atoms with E-state index in [0.29, 0.717) is 31.0 Å². The number of carbonyl (C=O) groups is 1. The maximum absolute atomic E-state index is 13.4. The van der Waals surface area contributed by atoms with E-state index in [0.717, 1.165) is 36.3 Å². The van der Waals surface area contributed by atoms with Gasteiger partial charge in [0.25, 0.3) is 0 Å². The summed E-state index contributed by atoms with van der Waals surface area (Å²) in [5, 5.41) is 0. The summed E-state index contributed by atoms with van der Waals surface area (Å²) in [6, 6.07) is 14.1. The van der Waals surface area contributed by atoms with Crippen LogP contribution < -0.4 is 4.74 Å². The second-order valence-electron chi connectivity index (χ2n) is 7.68. The Morgan fingerprint density at radius 3 is 2.90 bits per heavy atom. The van der Waals surface area contributed by atoms with Gasteiger partial charge in [0, 0.05) is 19.5 Å². The van der Waals surface area contributed by atoms with Crippen LogP contribution in [-0.2, 0) is 17.6 Å². The molecule has 0 spiro atoms. The van der Waals surface area contributed by atoms with Crippen LogP contribution in [-0.4, -0.2) is 36.0 Å². The molecule has 1 unspecified atom stereocenters. The van der Waals surface area contributed by atoms with E-state index in [1.165, 1.54) is 12.1 Å². The Morgan fingerprint density at radius 2 is 2.07 bits per heavy atom. The number of hydrogen-bond acceptors (Lipinski definition) is 4. The van der Waals surface area contributed by atoms with Gasteiger partial charge in [-0.1, -0.05) is 24.3 Å². The molecule has 4 rings (SSSR count). The summed E-state index contributed by atoms with van der Waals surface area (Å²) in [5.41, 5.74) is 1.78. The molecule has 156 valence electrons. The van der Waals surface area contributed by atoms with Crippen molar-refractivity contribution in [3.8, 4) is 5.75 Å². The molecule has 2 heterocycles. The number of hydrogen-bond donors (Lipinski definition) is 0. The average molecular weight is 408 g/mol. The van der Waals surface area contributed by atoms with Gasteiger partial charge in [0.2, 0.25) is 5.91 Å². The number of halogens is 1. The molecule has 0 N–H and O–H groups in total. The topological polar surface area (TPSA) is 55.6 Å². The van der Waals surface area contributed by atoms with Crippen LogP contribution >= 0.6 is 0 Å². The van der Waals surface area contributed by atoms with Gasteiger partial charge >= 0.3 is 0 Å². The Hall–Kier alpha value is -3.15. The van der Waals surface area contributed by atoms with Gasteiger partial charge in [0.15, 0.2) is 5.89 Å². The first kappa shape index (κ1) is 20.1. The monoisotopic (exact) mass is 408 g/mol. The predicted molar refractivity (Wildman–Crippen MR) is 111 cm³/mol. The van der Waals surface area contributed by atoms with E-state index in [4.69, 9.17) is 9.15 Å². The lowest BCUT2D eigenvalue weighted by Crippen LogP contribution is -2.40. The normalized spacial score (nSPS) is 16.5. The fraction of sp³-hybridized carbons (Fsp3) is 0.333. The highest BCUT2D eigenvalue weighted by Gasteiger charge is 2.28. The minimum absolute atomic E-state index is 0.0780. The summed E-state index contributed by atoms with van der Waals surface area (Å²) in [5.74, 6) is 2.02. The van der Waals surface area contributed by atoms with Gasteiger partial charge in [-0.3, -0.25) is 4.79 Å². The van der Waals surface area contributed by atoms with Gasteiger partial charge in [-0.2, -0.15) is 0 Å². The molecule has 1 aliphatic rings. The number of oxazole rings is 1. The van der Waals surface area contributed by atoms with E-state index in [2.05, 4.69) is 4.98 Å². The van der Waals surface area contributed by atoms with Crippen molar-refractivity contribution in [2.75, 3.05) is 20.2 Å². The molecule has 1 atom stereocenters. The van der Waals surface area contributed by atoms with Crippen molar-refractivity contribution in [1.82, 2.24) is 9.88 Å². The van der Waals surface area contributed by atoms with Crippen LogP contribution in [0.4, 0.5) is 4.39 Å². The number of amides is 1. The van der Waals surface area contributed by atoms with Crippen molar-refractivity contribution < 1.29 is 18.3 Å². The van der Waals surface area contributed by atoms with Gasteiger partial charge in [-0.25, -0.2) is 9.37 Å². The van der Waals surface area contributed by atoms with Gasteiger partial charge in [0.1, 0.15) is 17.3 Å². The number of aromatic nitrogens is 1. The molecule has 1 aromatic heterocycles. The summed E-state index contributed by atoms with van der Waals surface area (Å²) >= 11 is 0. The predicted octanol–water partition coefficient (Wildman–Crippen LogP) is 4.36. The van der Waals surface area contributed by atoms with Crippen molar-refractivity contribution in [3.05, 3.63) is 83.3 Å². The summed E-state index contributed by atoms with van der Waals surface area (Å²) in [6.07, 6.45) is 4.40. The summed E-state index contributed by atoms with van der Waals surface area (Å²) in [4.78, 5) is 19.2. The van der Waals surface area contributed by atoms with Crippen LogP contribution in [0.2, 0.25) is 0 Å². The molecule has 30 heavy (non-hydrogen) atoms. The molecule has 1 saturated heterocycles. The zero-order chi connectivity index (χ0) is 20.9. The first-order valence-electron chi connectivity index (χ1n) is 10.2. The van der Waals surface area contributed by atoms with E-state index in [-0.39, 0.29) is 17.6 Å². The maximum atomic E-state index is 13.4. The first-order chi connectivity index (χ1) is 14.6. The van der Waals surface area contributed by atoms with Gasteiger partial charge < -0.3 is 14.1 Å². The molecule has 1 amide bonds. The zero-order valence-electron chi connectivity index (χ0n) is 17.0. The lowest BCUT2D eigenvalue weighted by atomic mass is 9.97. The molecule has 0 radical (unpaired) electrons. The Balaban J connectivity index is 1.39. The third-order valence-corrected chi connectivity index (χ3v) is 5.45. The van der Waals surface area contributed by atoms with Gasteiger partial charge in [0.05, 0.1) is 25.6 Å². The van der Waals surface area contributed by atoms with Crippen molar-refractivity contribution in [2.24, 2.45) is 0 Å². The molecule has 0 saturated carbocycles. The van der Waals surface area contributed by atoms with Crippen molar-refractivity contribution >= 4 is 5.91 Å². The minimum atomic E-state index is -0.260. The van der Waals surface area contributed by atoms with Gasteiger partial charge in [-0.05, 0) is 48.2 Å². The average Bonchev–Trinajstić information content (AvgIpc) is 3.22. The van der Waals surface area contributed by atoms with Gasteiger partial charge in [-0.15, -0.1) is 0 Å². The van der Waals surface area contributed by atoms with E-state index >= 15 is 0 Å². The molecule has 6 heteroatoms. The highest BCUT2D eigenvalue weighted by Crippen LogP contribution is 2.28. The van der Waals surface area contributed by atoms with Crippen LogP contribution in [0.15, 0.2) is 59.1 Å². The molecule has 2 aromatic carbocycles. The molecular weight excluding hydrogens is 383 g/mol. The van der Waals surface area contributed by atoms with E-state index in [9.17, 15) is 9.18 Å². The number of carbonyl (C=O) groups excluding carboxylic acids is 1. The van der Waals surface area contributed by atoms with Crippen molar-refractivity contribution in [1.29, 1.82) is 0 Å². The number of piperidine rings is 1. The van der Waals surface area contributed by atoms with E-state index < -0.39 is 0 Å². The molecule has 5 nitrogen and oxygen atoms in total. The molecule has 1 aliphatic heterocycles. The number of nitrogens with zero attached hydrogens (tertiary/aromatic N) is 2. The highest BCUT2D eigenvalue weighted by molar-refractivity contribution is 5.79. The largest absolute Gasteiger partial charge is 0.497 e. The molecule has 0 bridgehead atoms. The number of likely N-dealkylation sites (tertiary alicyclic amines) is 1. The Kier molecular flexibility index (Phi) is 6.12. The first-order valence-corrected chi connectivity index (χ1v) is 10.2. The number of benzene rings is 2. The molecule has 1 fully saturated rings. The number of methoxy groups -OCH3 is 1. The van der Waals surface area contributed by atoms with Crippen LogP contribution in [0, 0.1) is 5.82 Å². The van der Waals surface area contributed by atoms with E-state index in [1.54, 1.807) is 19.4 Å². The molecular formula is C24H25FN2O3. The maximum Gasteiger partial charge on any atom is 0.227 e. The van der Waals surface area contributed by atoms with Crippen molar-refractivity contribution in [2.45, 2.75) is 31.6 Å². The van der Waals surface area contributed by atoms with E-state index in [1.807, 2.05) is 35.2 Å². The highest BCUT2D eigenvalue weighted by atomic mass is 19.1. The Bertz CT molecular complexity index is 1020. The second kappa shape index (κ2) is 9.11. The van der Waals surface area contributed by atoms with Crippen LogP contribution in [0.1, 0.15) is 41.5 Å². The third-order valence-electron chi connectivity index (χ3n) is 5.45. The number of rotatable bonds is 6. The van der Waals surface area contributed by atoms with Crippen LogP contribution in [0.5, 0.6) is 5.75 Å². The minimum Gasteiger partial charge on any atom is -0.497 e. The SMILES string of the molecule is COc1cccc(CC(=O)N2CCCC(c3ncc(Cc4cccc(F)c4)o3)C2)c1. The molecule has 3 aromatic rings. The Morgan fingerprint density at radius 1 is 1.23 bits per heavy atom. The fourth-order valence-corrected chi connectivity index (χ4v) is 3.92. The lowest BCUT2D eigenvalue weighted by molar-refractivity contribution is -0.131. The number of ether oxygens (including phenoxy) is 1. The van der Waals surface area contributed by atoms with Crippen LogP contribution in [0.25, 0.3) is 0 Å². The third kappa shape index (κ3) is 4.87. The summed E-state index contributed by atoms with van der Waals surface area (Å²) in [7, 11) is 1.62. The standard InChI is InChI=1S/C24H25FN2O3/c1-29-21-9-3-6-18(12-21)14-23(28)27-10-4-7-19(16-27)24-26-15-22(30-24)13-17-5-2-8-20(25)11-17/h2-3,5-6,8-9,11-12,15,19H,4,7,10,13-14,16H2,1H3. The zero-order valence-corrected chi connectivity index (χ0v) is 17.0. The quantitative estimate of drug-likeness (QED) is 0.608. The second-order valence-corrected chi connectivity index (χ2v) is 7.68. The fourth-order valence-electron chi connectivity index (χ4n) is 3.92. The summed E-state index contributed by atoms with van der Waals surface area (Å²) in [6.45, 7) is 1.35. The summed E-state index contributed by atoms with van der Waals surface area (Å²) < 4.78 is 24.6. The van der Waals surface area contributed by atoms with Crippen LogP contribution in [0.3, 0.4) is 0 Å². The van der Waals surface area contributed by atoms with Crippen molar-refractivity contribution in [3.63, 3.8) is 0 Å². The smallest absolute Gasteiger partial charge is 0.227 e. The molecule has 0 aliphatic carbocycles.